The number of fused-ring (bicyclic) bond motifs is 3. The Hall–Kier alpha value is -9.44. The number of aromatic nitrogens is 6. The van der Waals surface area contributed by atoms with Crippen molar-refractivity contribution in [3.05, 3.63) is 272 Å². The minimum absolute atomic E-state index is 0.0280. The van der Waals surface area contributed by atoms with Crippen molar-refractivity contribution >= 4 is 30.8 Å². The number of benzene rings is 7. The number of methoxy groups -OCH3 is 2. The van der Waals surface area contributed by atoms with Gasteiger partial charge >= 0.3 is 13.6 Å². The third-order valence-electron chi connectivity index (χ3n) is 16.3. The SMILES string of the molecule is COc1ccc(C(OC[C@H]2O[C@@H](n3cnc4c(NC(=O)c5ccccc5)ncnc43)C[C@@H]2OP(=O)(F)OC[C@H]2O[C@@H](n3cc(C)c(=O)[nH]c3=O)C[C@@H]2OC2(c3ccccc3)c3ccccc3Oc3ccccc32)(c2ccccc2)c2ccc(OC)cc2)cc1. The van der Waals surface area contributed by atoms with Crippen LogP contribution in [0.4, 0.5) is 10.0 Å². The fraction of sp³-hybridized carbons (Fsp3) is 0.224. The van der Waals surface area contributed by atoms with Crippen LogP contribution in [-0.2, 0) is 43.8 Å². The summed E-state index contributed by atoms with van der Waals surface area (Å²) in [5.74, 6) is 1.94. The topological polar surface area (TPSA) is 228 Å². The molecule has 0 aliphatic carbocycles. The number of carbonyl (C=O) groups excluding carboxylic acids is 1. The lowest BCUT2D eigenvalue weighted by Crippen LogP contribution is -2.42. The molecular weight excluding hydrogens is 1160 g/mol. The number of aryl methyl sites for hydroxylation is 1. The molecule has 3 aliphatic heterocycles. The molecule has 0 spiro atoms. The number of carbonyl (C=O) groups is 1. The number of aromatic amines is 1. The van der Waals surface area contributed by atoms with Crippen LogP contribution in [0.1, 0.15) is 74.6 Å². The van der Waals surface area contributed by atoms with Crippen molar-refractivity contribution in [2.24, 2.45) is 0 Å². The molecule has 452 valence electrons. The van der Waals surface area contributed by atoms with Gasteiger partial charge in [-0.1, -0.05) is 140 Å². The number of imidazole rings is 1. The molecule has 22 heteroatoms. The molecule has 10 aromatic rings. The average molecular weight is 1220 g/mol. The van der Waals surface area contributed by atoms with Crippen molar-refractivity contribution in [1.82, 2.24) is 29.1 Å². The Kier molecular flexibility index (Phi) is 16.2. The average Bonchev–Trinajstić information content (AvgIpc) is 1.98. The van der Waals surface area contributed by atoms with Gasteiger partial charge in [0.25, 0.3) is 11.5 Å². The van der Waals surface area contributed by atoms with Crippen LogP contribution in [0.3, 0.4) is 0 Å². The number of hydrogen-bond acceptors (Lipinski definition) is 16. The van der Waals surface area contributed by atoms with Gasteiger partial charge in [-0.3, -0.25) is 32.8 Å². The van der Waals surface area contributed by atoms with Crippen LogP contribution in [0, 0.1) is 6.92 Å². The van der Waals surface area contributed by atoms with Gasteiger partial charge in [-0.25, -0.2) is 24.3 Å². The second-order valence-corrected chi connectivity index (χ2v) is 22.9. The van der Waals surface area contributed by atoms with Gasteiger partial charge in [0.1, 0.15) is 65.7 Å². The van der Waals surface area contributed by atoms with Gasteiger partial charge in [0.2, 0.25) is 0 Å². The highest BCUT2D eigenvalue weighted by atomic mass is 31.2. The van der Waals surface area contributed by atoms with Crippen LogP contribution < -0.4 is 30.8 Å². The number of rotatable bonds is 20. The van der Waals surface area contributed by atoms with Crippen LogP contribution in [0.5, 0.6) is 23.0 Å². The molecule has 0 radical (unpaired) electrons. The molecule has 7 atom stereocenters. The predicted molar refractivity (Wildman–Crippen MR) is 325 cm³/mol. The van der Waals surface area contributed by atoms with E-state index in [2.05, 4.69) is 25.3 Å². The standard InChI is InChI=1S/C67H59FN7O13P/c1-42-37-74(65(78)73-63(42)76)58-35-54(87-67(45-21-11-6-12-22-45)50-23-13-15-25-52(50)84-53-26-16-14-24-51(53)67)57(86-58)39-83-89(68,79)88-55-36-59(75-41-71-60-61(69-40-70-62(60)75)72-64(77)43-17-7-4-8-18-43)85-56(55)38-82-66(44-19-9-5-10-20-44,46-27-31-48(80-2)32-28-46)47-29-33-49(81-3)34-30-47/h4-34,37,40-41,54-59H,35-36,38-39H2,1-3H3,(H,73,76,78)(H,69,70,72,77)/t54-,55-,56+,57+,58+,59+,89?/m0/s1. The molecule has 20 nitrogen and oxygen atoms in total. The molecule has 1 amide bonds. The first-order valence-electron chi connectivity index (χ1n) is 28.7. The Bertz CT molecular complexity index is 4260. The summed E-state index contributed by atoms with van der Waals surface area (Å²) in [5, 5.41) is 2.83. The summed E-state index contributed by atoms with van der Waals surface area (Å²) >= 11 is 0. The van der Waals surface area contributed by atoms with E-state index >= 15 is 4.20 Å². The van der Waals surface area contributed by atoms with Crippen molar-refractivity contribution in [1.29, 1.82) is 0 Å². The maximum absolute atomic E-state index is 17.6. The molecular formula is C67H59FN7O13P. The monoisotopic (exact) mass is 1220 g/mol. The van der Waals surface area contributed by atoms with Crippen LogP contribution in [0.2, 0.25) is 0 Å². The third-order valence-corrected chi connectivity index (χ3v) is 17.3. The van der Waals surface area contributed by atoms with Crippen molar-refractivity contribution in [2.45, 2.75) is 67.8 Å². The first-order valence-corrected chi connectivity index (χ1v) is 30.2. The van der Waals surface area contributed by atoms with E-state index in [0.29, 0.717) is 56.4 Å². The van der Waals surface area contributed by atoms with Gasteiger partial charge in [0, 0.05) is 41.3 Å². The molecule has 2 fully saturated rings. The van der Waals surface area contributed by atoms with Gasteiger partial charge in [-0.15, -0.1) is 4.20 Å². The predicted octanol–water partition coefficient (Wildman–Crippen LogP) is 11.5. The molecule has 1 unspecified atom stereocenters. The minimum Gasteiger partial charge on any atom is -0.497 e. The van der Waals surface area contributed by atoms with Crippen molar-refractivity contribution in [2.75, 3.05) is 32.8 Å². The van der Waals surface area contributed by atoms with Gasteiger partial charge in [0.15, 0.2) is 22.6 Å². The molecule has 2 saturated heterocycles. The molecule has 0 bridgehead atoms. The van der Waals surface area contributed by atoms with E-state index in [1.54, 1.807) is 56.0 Å². The normalized spacial score (nSPS) is 20.0. The van der Waals surface area contributed by atoms with Crippen molar-refractivity contribution in [3.8, 4) is 23.0 Å². The lowest BCUT2D eigenvalue weighted by Gasteiger charge is -2.42. The second-order valence-electron chi connectivity index (χ2n) is 21.6. The van der Waals surface area contributed by atoms with Gasteiger partial charge in [-0.05, 0) is 77.7 Å². The smallest absolute Gasteiger partial charge is 0.497 e. The van der Waals surface area contributed by atoms with Crippen LogP contribution in [0.15, 0.2) is 216 Å². The largest absolute Gasteiger partial charge is 0.513 e. The second kappa shape index (κ2) is 24.6. The summed E-state index contributed by atoms with van der Waals surface area (Å²) in [6, 6.07) is 57.4. The summed E-state index contributed by atoms with van der Waals surface area (Å²) in [6.45, 7) is 0.526. The number of nitrogens with one attached hydrogen (secondary N) is 2. The molecule has 6 heterocycles. The van der Waals surface area contributed by atoms with Gasteiger partial charge in [0.05, 0.1) is 39.9 Å². The van der Waals surface area contributed by atoms with E-state index < -0.39 is 79.7 Å². The Morgan fingerprint density at radius 3 is 1.87 bits per heavy atom. The highest BCUT2D eigenvalue weighted by Crippen LogP contribution is 2.57. The molecule has 3 aliphatic rings. The third kappa shape index (κ3) is 11.3. The van der Waals surface area contributed by atoms with E-state index in [1.165, 1.54) is 23.4 Å². The van der Waals surface area contributed by atoms with Crippen LogP contribution in [-0.4, -0.2) is 86.8 Å². The molecule has 3 aromatic heterocycles. The summed E-state index contributed by atoms with van der Waals surface area (Å²) in [6.07, 6.45) is -3.03. The molecule has 89 heavy (non-hydrogen) atoms. The minimum atomic E-state index is -5.69. The molecule has 0 saturated carbocycles. The first-order chi connectivity index (χ1) is 43.3. The summed E-state index contributed by atoms with van der Waals surface area (Å²) in [5.41, 5.74) is 1.10. The number of anilines is 1. The maximum Gasteiger partial charge on any atom is 0.513 e. The molecule has 13 rings (SSSR count). The van der Waals surface area contributed by atoms with E-state index in [4.69, 9.17) is 42.2 Å². The fourth-order valence-corrected chi connectivity index (χ4v) is 12.9. The number of nitrogens with zero attached hydrogens (tertiary/aromatic N) is 5. The van der Waals surface area contributed by atoms with Gasteiger partial charge < -0.3 is 38.5 Å². The Labute approximate surface area is 509 Å². The first kappa shape index (κ1) is 58.6. The van der Waals surface area contributed by atoms with E-state index in [-0.39, 0.29) is 42.0 Å². The highest BCUT2D eigenvalue weighted by molar-refractivity contribution is 7.48. The number of halogens is 1. The molecule has 7 aromatic carbocycles. The summed E-state index contributed by atoms with van der Waals surface area (Å²) in [7, 11) is -2.54. The van der Waals surface area contributed by atoms with E-state index in [1.807, 2.05) is 158 Å². The lowest BCUT2D eigenvalue weighted by atomic mass is 9.77. The maximum atomic E-state index is 17.6. The fourth-order valence-electron chi connectivity index (χ4n) is 12.0. The van der Waals surface area contributed by atoms with E-state index in [0.717, 1.165) is 5.56 Å². The number of H-pyrrole nitrogens is 1. The zero-order valence-electron chi connectivity index (χ0n) is 48.3. The van der Waals surface area contributed by atoms with Gasteiger partial charge in [-0.2, -0.15) is 0 Å². The quantitative estimate of drug-likeness (QED) is 0.0534. The Balaban J connectivity index is 0.854. The zero-order chi connectivity index (χ0) is 61.3. The number of amides is 1. The highest BCUT2D eigenvalue weighted by Gasteiger charge is 2.52. The number of hydrogen-bond donors (Lipinski definition) is 2. The summed E-state index contributed by atoms with van der Waals surface area (Å²) < 4.78 is 93.1. The Morgan fingerprint density at radius 1 is 0.685 bits per heavy atom. The Morgan fingerprint density at radius 2 is 1.24 bits per heavy atom. The summed E-state index contributed by atoms with van der Waals surface area (Å²) in [4.78, 5) is 55.5. The zero-order valence-corrected chi connectivity index (χ0v) is 49.2. The lowest BCUT2D eigenvalue weighted by molar-refractivity contribution is -0.104. The molecule has 2 N–H and O–H groups in total. The van der Waals surface area contributed by atoms with Crippen LogP contribution in [0.25, 0.3) is 11.2 Å². The van der Waals surface area contributed by atoms with Crippen molar-refractivity contribution in [3.63, 3.8) is 0 Å². The van der Waals surface area contributed by atoms with E-state index in [9.17, 15) is 18.9 Å². The number of ether oxygens (including phenoxy) is 7. The number of para-hydroxylation sites is 2. The van der Waals surface area contributed by atoms with Crippen LogP contribution >= 0.6 is 7.91 Å². The van der Waals surface area contributed by atoms with Crippen molar-refractivity contribution < 1.29 is 55.8 Å².